The predicted octanol–water partition coefficient (Wildman–Crippen LogP) is 2.52. The van der Waals surface area contributed by atoms with E-state index in [4.69, 9.17) is 4.74 Å². The second kappa shape index (κ2) is 8.01. The van der Waals surface area contributed by atoms with Gasteiger partial charge in [-0.2, -0.15) is 0 Å². The summed E-state index contributed by atoms with van der Waals surface area (Å²) in [5.41, 5.74) is 0.447. The highest BCUT2D eigenvalue weighted by molar-refractivity contribution is 6.05. The number of amides is 2. The molecule has 1 atom stereocenters. The SMILES string of the molecule is O=C(NCC1CCCO1)c1cncc(C(=O)Nc2ccc(F)c(F)c2)c1. The van der Waals surface area contributed by atoms with Crippen molar-refractivity contribution in [2.75, 3.05) is 18.5 Å². The molecule has 2 amide bonds. The van der Waals surface area contributed by atoms with Crippen molar-refractivity contribution in [3.63, 3.8) is 0 Å². The fraction of sp³-hybridized carbons (Fsp3) is 0.278. The van der Waals surface area contributed by atoms with Crippen LogP contribution in [0, 0.1) is 11.6 Å². The fourth-order valence-electron chi connectivity index (χ4n) is 2.58. The molecule has 1 aromatic heterocycles. The largest absolute Gasteiger partial charge is 0.376 e. The number of aromatic nitrogens is 1. The standard InChI is InChI=1S/C18H17F2N3O3/c19-15-4-3-13(7-16(15)20)23-18(25)12-6-11(8-21-9-12)17(24)22-10-14-2-1-5-26-14/h3-4,6-9,14H,1-2,5,10H2,(H,22,24)(H,23,25). The number of ether oxygens (including phenoxy) is 1. The third-order valence-corrected chi connectivity index (χ3v) is 3.95. The average molecular weight is 361 g/mol. The first kappa shape index (κ1) is 17.9. The Morgan fingerprint density at radius 1 is 1.12 bits per heavy atom. The maximum absolute atomic E-state index is 13.2. The van der Waals surface area contributed by atoms with Gasteiger partial charge in [-0.25, -0.2) is 8.78 Å². The minimum atomic E-state index is -1.07. The molecule has 0 spiro atoms. The lowest BCUT2D eigenvalue weighted by atomic mass is 10.1. The summed E-state index contributed by atoms with van der Waals surface area (Å²) in [6, 6.07) is 4.41. The molecular formula is C18H17F2N3O3. The normalized spacial score (nSPS) is 16.3. The van der Waals surface area contributed by atoms with E-state index in [0.29, 0.717) is 13.2 Å². The van der Waals surface area contributed by atoms with Crippen molar-refractivity contribution in [1.82, 2.24) is 10.3 Å². The number of nitrogens with zero attached hydrogens (tertiary/aromatic N) is 1. The number of pyridine rings is 1. The van der Waals surface area contributed by atoms with Crippen LogP contribution in [0.15, 0.2) is 36.7 Å². The van der Waals surface area contributed by atoms with Gasteiger partial charge in [0.05, 0.1) is 17.2 Å². The second-order valence-electron chi connectivity index (χ2n) is 5.89. The summed E-state index contributed by atoms with van der Waals surface area (Å²) < 4.78 is 31.6. The first-order valence-electron chi connectivity index (χ1n) is 8.14. The average Bonchev–Trinajstić information content (AvgIpc) is 3.16. The molecule has 0 bridgehead atoms. The number of carbonyl (C=O) groups excluding carboxylic acids is 2. The molecule has 1 aromatic carbocycles. The quantitative estimate of drug-likeness (QED) is 0.858. The summed E-state index contributed by atoms with van der Waals surface area (Å²) in [5, 5.41) is 5.18. The Hall–Kier alpha value is -2.87. The lowest BCUT2D eigenvalue weighted by Gasteiger charge is -2.11. The van der Waals surface area contributed by atoms with Crippen molar-refractivity contribution in [2.24, 2.45) is 0 Å². The molecule has 0 aliphatic carbocycles. The number of halogens is 2. The summed E-state index contributed by atoms with van der Waals surface area (Å²) in [7, 11) is 0. The number of hydrogen-bond acceptors (Lipinski definition) is 4. The van der Waals surface area contributed by atoms with Crippen LogP contribution in [0.25, 0.3) is 0 Å². The van der Waals surface area contributed by atoms with Crippen LogP contribution in [0.3, 0.4) is 0 Å². The van der Waals surface area contributed by atoms with Crippen LogP contribution >= 0.6 is 0 Å². The Bertz CT molecular complexity index is 823. The highest BCUT2D eigenvalue weighted by atomic mass is 19.2. The van der Waals surface area contributed by atoms with Gasteiger partial charge in [-0.3, -0.25) is 14.6 Å². The van der Waals surface area contributed by atoms with Crippen molar-refractivity contribution < 1.29 is 23.1 Å². The van der Waals surface area contributed by atoms with Gasteiger partial charge in [0.25, 0.3) is 11.8 Å². The van der Waals surface area contributed by atoms with Gasteiger partial charge in [-0.05, 0) is 31.0 Å². The van der Waals surface area contributed by atoms with Crippen molar-refractivity contribution in [2.45, 2.75) is 18.9 Å². The van der Waals surface area contributed by atoms with E-state index < -0.39 is 17.5 Å². The second-order valence-corrected chi connectivity index (χ2v) is 5.89. The van der Waals surface area contributed by atoms with Crippen molar-refractivity contribution >= 4 is 17.5 Å². The first-order chi connectivity index (χ1) is 12.5. The molecule has 26 heavy (non-hydrogen) atoms. The number of carbonyl (C=O) groups is 2. The number of anilines is 1. The van der Waals surface area contributed by atoms with Crippen LogP contribution in [0.5, 0.6) is 0 Å². The smallest absolute Gasteiger partial charge is 0.257 e. The molecule has 1 unspecified atom stereocenters. The Morgan fingerprint density at radius 2 is 1.88 bits per heavy atom. The fourth-order valence-corrected chi connectivity index (χ4v) is 2.58. The topological polar surface area (TPSA) is 80.3 Å². The summed E-state index contributed by atoms with van der Waals surface area (Å²) in [5.74, 6) is -3.02. The van der Waals surface area contributed by atoms with Crippen LogP contribution in [-0.2, 0) is 4.74 Å². The van der Waals surface area contributed by atoms with Gasteiger partial charge in [0.15, 0.2) is 11.6 Å². The van der Waals surface area contributed by atoms with Gasteiger partial charge >= 0.3 is 0 Å². The van der Waals surface area contributed by atoms with Gasteiger partial charge in [-0.1, -0.05) is 0 Å². The van der Waals surface area contributed by atoms with Crippen LogP contribution < -0.4 is 10.6 Å². The summed E-state index contributed by atoms with van der Waals surface area (Å²) >= 11 is 0. The van der Waals surface area contributed by atoms with E-state index in [2.05, 4.69) is 15.6 Å². The van der Waals surface area contributed by atoms with Crippen LogP contribution in [0.2, 0.25) is 0 Å². The molecule has 8 heteroatoms. The molecule has 1 aliphatic heterocycles. The molecule has 2 N–H and O–H groups in total. The molecule has 0 saturated carbocycles. The monoisotopic (exact) mass is 361 g/mol. The number of hydrogen-bond donors (Lipinski definition) is 2. The zero-order valence-corrected chi connectivity index (χ0v) is 13.8. The zero-order chi connectivity index (χ0) is 18.5. The van der Waals surface area contributed by atoms with E-state index in [0.717, 1.165) is 25.0 Å². The van der Waals surface area contributed by atoms with Crippen molar-refractivity contribution in [1.29, 1.82) is 0 Å². The molecule has 2 heterocycles. The van der Waals surface area contributed by atoms with E-state index in [9.17, 15) is 18.4 Å². The number of benzene rings is 1. The lowest BCUT2D eigenvalue weighted by Crippen LogP contribution is -2.32. The molecular weight excluding hydrogens is 344 g/mol. The van der Waals surface area contributed by atoms with Gasteiger partial charge in [-0.15, -0.1) is 0 Å². The van der Waals surface area contributed by atoms with E-state index in [1.165, 1.54) is 24.5 Å². The highest BCUT2D eigenvalue weighted by Gasteiger charge is 2.17. The van der Waals surface area contributed by atoms with Crippen LogP contribution in [0.1, 0.15) is 33.6 Å². The molecule has 3 rings (SSSR count). The Labute approximate surface area is 148 Å². The predicted molar refractivity (Wildman–Crippen MR) is 89.9 cm³/mol. The third kappa shape index (κ3) is 4.40. The Morgan fingerprint density at radius 3 is 2.58 bits per heavy atom. The van der Waals surface area contributed by atoms with E-state index in [1.54, 1.807) is 0 Å². The van der Waals surface area contributed by atoms with E-state index in [1.807, 2.05) is 0 Å². The number of rotatable bonds is 5. The van der Waals surface area contributed by atoms with Crippen molar-refractivity contribution in [3.8, 4) is 0 Å². The van der Waals surface area contributed by atoms with Gasteiger partial charge in [0.2, 0.25) is 0 Å². The van der Waals surface area contributed by atoms with Gasteiger partial charge in [0, 0.05) is 37.3 Å². The maximum Gasteiger partial charge on any atom is 0.257 e. The summed E-state index contributed by atoms with van der Waals surface area (Å²) in [6.07, 6.45) is 4.51. The molecule has 0 radical (unpaired) electrons. The van der Waals surface area contributed by atoms with Crippen molar-refractivity contribution in [3.05, 3.63) is 59.4 Å². The van der Waals surface area contributed by atoms with E-state index in [-0.39, 0.29) is 28.8 Å². The minimum Gasteiger partial charge on any atom is -0.376 e. The number of nitrogens with one attached hydrogen (secondary N) is 2. The Balaban J connectivity index is 1.64. The first-order valence-corrected chi connectivity index (χ1v) is 8.14. The van der Waals surface area contributed by atoms with E-state index >= 15 is 0 Å². The minimum absolute atomic E-state index is 0.00626. The molecule has 1 saturated heterocycles. The molecule has 1 fully saturated rings. The molecule has 136 valence electrons. The van der Waals surface area contributed by atoms with Gasteiger partial charge < -0.3 is 15.4 Å². The van der Waals surface area contributed by atoms with Gasteiger partial charge in [0.1, 0.15) is 0 Å². The highest BCUT2D eigenvalue weighted by Crippen LogP contribution is 2.15. The van der Waals surface area contributed by atoms with Crippen LogP contribution in [-0.4, -0.2) is 36.1 Å². The third-order valence-electron chi connectivity index (χ3n) is 3.95. The van der Waals surface area contributed by atoms with Crippen LogP contribution in [0.4, 0.5) is 14.5 Å². The summed E-state index contributed by atoms with van der Waals surface area (Å²) in [6.45, 7) is 1.09. The molecule has 1 aliphatic rings. The molecule has 2 aromatic rings. The zero-order valence-electron chi connectivity index (χ0n) is 13.8. The summed E-state index contributed by atoms with van der Waals surface area (Å²) in [4.78, 5) is 28.3. The molecule has 6 nitrogen and oxygen atoms in total. The lowest BCUT2D eigenvalue weighted by molar-refractivity contribution is 0.0857. The Kier molecular flexibility index (Phi) is 5.52. The maximum atomic E-state index is 13.2.